The first-order valence-corrected chi connectivity index (χ1v) is 4.75. The predicted octanol–water partition coefficient (Wildman–Crippen LogP) is 3.43. The van der Waals surface area contributed by atoms with Gasteiger partial charge in [0.05, 0.1) is 0 Å². The number of hydrogen-bond donors (Lipinski definition) is 0. The van der Waals surface area contributed by atoms with Crippen LogP contribution in [0.3, 0.4) is 0 Å². The molecule has 12 heavy (non-hydrogen) atoms. The van der Waals surface area contributed by atoms with Crippen molar-refractivity contribution in [3.05, 3.63) is 34.9 Å². The number of hydrogen-bond acceptors (Lipinski definition) is 0. The molecular weight excluding hydrogens is 144 g/mol. The fourth-order valence-corrected chi connectivity index (χ4v) is 1.78. The molecule has 1 fully saturated rings. The molecule has 0 aromatic heterocycles. The molecule has 0 bridgehead atoms. The summed E-state index contributed by atoms with van der Waals surface area (Å²) in [4.78, 5) is 0. The van der Waals surface area contributed by atoms with Crippen molar-refractivity contribution in [3.8, 4) is 0 Å². The Morgan fingerprint density at radius 1 is 1.17 bits per heavy atom. The molecule has 0 heteroatoms. The SMILES string of the molecule is Cc1ccc(C2CC2C)cc1C. The summed E-state index contributed by atoms with van der Waals surface area (Å²) in [6.07, 6.45) is 1.39. The van der Waals surface area contributed by atoms with Crippen LogP contribution >= 0.6 is 0 Å². The van der Waals surface area contributed by atoms with Gasteiger partial charge in [-0.15, -0.1) is 0 Å². The van der Waals surface area contributed by atoms with Gasteiger partial charge in [-0.3, -0.25) is 0 Å². The Morgan fingerprint density at radius 2 is 1.83 bits per heavy atom. The van der Waals surface area contributed by atoms with E-state index in [1.54, 1.807) is 5.56 Å². The van der Waals surface area contributed by atoms with Crippen molar-refractivity contribution in [1.82, 2.24) is 0 Å². The summed E-state index contributed by atoms with van der Waals surface area (Å²) in [6.45, 7) is 6.71. The first-order valence-electron chi connectivity index (χ1n) is 4.75. The molecular formula is C12H16. The molecule has 1 aliphatic carbocycles. The minimum Gasteiger partial charge on any atom is -0.0619 e. The first-order chi connectivity index (χ1) is 5.68. The fraction of sp³-hybridized carbons (Fsp3) is 0.500. The van der Waals surface area contributed by atoms with E-state index in [0.29, 0.717) is 0 Å². The second-order valence-electron chi connectivity index (χ2n) is 4.16. The third-order valence-corrected chi connectivity index (χ3v) is 3.07. The van der Waals surface area contributed by atoms with Crippen molar-refractivity contribution in [2.24, 2.45) is 5.92 Å². The van der Waals surface area contributed by atoms with Crippen LogP contribution in [0.2, 0.25) is 0 Å². The minimum absolute atomic E-state index is 0.865. The topological polar surface area (TPSA) is 0 Å². The maximum atomic E-state index is 2.35. The van der Waals surface area contributed by atoms with Crippen LogP contribution in [-0.4, -0.2) is 0 Å². The molecule has 1 aromatic rings. The number of aryl methyl sites for hydroxylation is 2. The monoisotopic (exact) mass is 160 g/mol. The largest absolute Gasteiger partial charge is 0.0619 e. The second-order valence-corrected chi connectivity index (χ2v) is 4.16. The summed E-state index contributed by atoms with van der Waals surface area (Å²) in [5.41, 5.74) is 4.39. The molecule has 2 atom stereocenters. The standard InChI is InChI=1S/C12H16/c1-8-4-5-11(6-9(8)2)12-7-10(12)3/h4-6,10,12H,7H2,1-3H3. The molecule has 1 aliphatic rings. The molecule has 0 heterocycles. The highest BCUT2D eigenvalue weighted by Gasteiger charge is 2.33. The van der Waals surface area contributed by atoms with Gasteiger partial charge in [0.1, 0.15) is 0 Å². The zero-order chi connectivity index (χ0) is 8.72. The summed E-state index contributed by atoms with van der Waals surface area (Å²) >= 11 is 0. The first kappa shape index (κ1) is 7.85. The fourth-order valence-electron chi connectivity index (χ4n) is 1.78. The molecule has 1 aromatic carbocycles. The van der Waals surface area contributed by atoms with Gasteiger partial charge in [0, 0.05) is 0 Å². The van der Waals surface area contributed by atoms with Gasteiger partial charge < -0.3 is 0 Å². The van der Waals surface area contributed by atoms with Gasteiger partial charge in [-0.25, -0.2) is 0 Å². The van der Waals surface area contributed by atoms with Crippen molar-refractivity contribution in [2.75, 3.05) is 0 Å². The number of benzene rings is 1. The lowest BCUT2D eigenvalue weighted by Crippen LogP contribution is -1.85. The Kier molecular flexibility index (Phi) is 1.71. The average Bonchev–Trinajstić information content (AvgIpc) is 2.73. The van der Waals surface area contributed by atoms with Crippen molar-refractivity contribution in [2.45, 2.75) is 33.1 Å². The van der Waals surface area contributed by atoms with Gasteiger partial charge in [-0.1, -0.05) is 25.1 Å². The lowest BCUT2D eigenvalue weighted by atomic mass is 10.0. The molecule has 1 saturated carbocycles. The van der Waals surface area contributed by atoms with Gasteiger partial charge in [0.25, 0.3) is 0 Å². The van der Waals surface area contributed by atoms with E-state index >= 15 is 0 Å². The highest BCUT2D eigenvalue weighted by molar-refractivity contribution is 5.34. The van der Waals surface area contributed by atoms with Gasteiger partial charge in [-0.2, -0.15) is 0 Å². The van der Waals surface area contributed by atoms with Crippen LogP contribution in [0.5, 0.6) is 0 Å². The molecule has 0 nitrogen and oxygen atoms in total. The highest BCUT2D eigenvalue weighted by Crippen LogP contribution is 2.47. The van der Waals surface area contributed by atoms with Gasteiger partial charge in [0.2, 0.25) is 0 Å². The summed E-state index contributed by atoms with van der Waals surface area (Å²) in [5, 5.41) is 0. The van der Waals surface area contributed by atoms with Crippen molar-refractivity contribution < 1.29 is 0 Å². The summed E-state index contributed by atoms with van der Waals surface area (Å²) in [7, 11) is 0. The maximum absolute atomic E-state index is 2.35. The quantitative estimate of drug-likeness (QED) is 0.590. The van der Waals surface area contributed by atoms with E-state index in [2.05, 4.69) is 39.0 Å². The Balaban J connectivity index is 2.29. The van der Waals surface area contributed by atoms with Crippen molar-refractivity contribution >= 4 is 0 Å². The minimum atomic E-state index is 0.865. The maximum Gasteiger partial charge on any atom is -0.0133 e. The van der Waals surface area contributed by atoms with E-state index in [9.17, 15) is 0 Å². The van der Waals surface area contributed by atoms with Crippen LogP contribution in [-0.2, 0) is 0 Å². The molecule has 0 amide bonds. The average molecular weight is 160 g/mol. The Bertz CT molecular complexity index is 299. The van der Waals surface area contributed by atoms with Crippen LogP contribution < -0.4 is 0 Å². The molecule has 2 rings (SSSR count). The third kappa shape index (κ3) is 1.26. The Morgan fingerprint density at radius 3 is 2.33 bits per heavy atom. The molecule has 0 aliphatic heterocycles. The summed E-state index contributed by atoms with van der Waals surface area (Å²) in [6, 6.07) is 6.88. The molecule has 0 radical (unpaired) electrons. The van der Waals surface area contributed by atoms with Gasteiger partial charge >= 0.3 is 0 Å². The number of rotatable bonds is 1. The van der Waals surface area contributed by atoms with E-state index in [-0.39, 0.29) is 0 Å². The van der Waals surface area contributed by atoms with E-state index in [0.717, 1.165) is 11.8 Å². The van der Waals surface area contributed by atoms with E-state index in [1.165, 1.54) is 17.5 Å². The third-order valence-electron chi connectivity index (χ3n) is 3.07. The highest BCUT2D eigenvalue weighted by atomic mass is 14.4. The van der Waals surface area contributed by atoms with Gasteiger partial charge in [0.15, 0.2) is 0 Å². The van der Waals surface area contributed by atoms with Crippen molar-refractivity contribution in [1.29, 1.82) is 0 Å². The second kappa shape index (κ2) is 2.62. The summed E-state index contributed by atoms with van der Waals surface area (Å²) in [5.74, 6) is 1.79. The van der Waals surface area contributed by atoms with Crippen molar-refractivity contribution in [3.63, 3.8) is 0 Å². The van der Waals surface area contributed by atoms with Crippen LogP contribution in [0.1, 0.15) is 36.0 Å². The summed E-state index contributed by atoms with van der Waals surface area (Å²) < 4.78 is 0. The van der Waals surface area contributed by atoms with E-state index in [1.807, 2.05) is 0 Å². The lowest BCUT2D eigenvalue weighted by molar-refractivity contribution is 0.913. The smallest absolute Gasteiger partial charge is 0.0133 e. The van der Waals surface area contributed by atoms with Crippen LogP contribution in [0.4, 0.5) is 0 Å². The Labute approximate surface area is 74.6 Å². The lowest BCUT2D eigenvalue weighted by Gasteiger charge is -2.03. The zero-order valence-electron chi connectivity index (χ0n) is 8.09. The normalized spacial score (nSPS) is 27.2. The van der Waals surface area contributed by atoms with E-state index < -0.39 is 0 Å². The van der Waals surface area contributed by atoms with Crippen LogP contribution in [0.25, 0.3) is 0 Å². The van der Waals surface area contributed by atoms with Crippen LogP contribution in [0, 0.1) is 19.8 Å². The molecule has 0 N–H and O–H groups in total. The molecule has 0 spiro atoms. The predicted molar refractivity (Wildman–Crippen MR) is 52.4 cm³/mol. The van der Waals surface area contributed by atoms with E-state index in [4.69, 9.17) is 0 Å². The van der Waals surface area contributed by atoms with Crippen LogP contribution in [0.15, 0.2) is 18.2 Å². The van der Waals surface area contributed by atoms with Gasteiger partial charge in [-0.05, 0) is 48.8 Å². The Hall–Kier alpha value is -0.780. The molecule has 2 unspecified atom stereocenters. The zero-order valence-corrected chi connectivity index (χ0v) is 8.09. The molecule has 64 valence electrons. The molecule has 0 saturated heterocycles.